The van der Waals surface area contributed by atoms with Crippen LogP contribution in [0.1, 0.15) is 18.1 Å². The molecule has 4 aromatic rings. The molecule has 0 saturated carbocycles. The third kappa shape index (κ3) is 3.81. The van der Waals surface area contributed by atoms with Gasteiger partial charge in [-0.3, -0.25) is 0 Å². The number of ether oxygens (including phenoxy) is 1. The SMILES string of the molecule is CCOC(=O)N(C)Cc1cn(Cc2cccc3ccc(F)cc23)c2ccccc12. The summed E-state index contributed by atoms with van der Waals surface area (Å²) in [4.78, 5) is 13.6. The summed E-state index contributed by atoms with van der Waals surface area (Å²) in [5, 5.41) is 3.02. The number of nitrogens with zero attached hydrogens (tertiary/aromatic N) is 2. The minimum absolute atomic E-state index is 0.237. The van der Waals surface area contributed by atoms with Crippen molar-refractivity contribution < 1.29 is 13.9 Å². The molecule has 0 N–H and O–H groups in total. The molecule has 1 heterocycles. The zero-order chi connectivity index (χ0) is 20.4. The quantitative estimate of drug-likeness (QED) is 0.446. The minimum atomic E-state index is -0.339. The highest BCUT2D eigenvalue weighted by Gasteiger charge is 2.15. The van der Waals surface area contributed by atoms with Crippen molar-refractivity contribution in [2.45, 2.75) is 20.0 Å². The van der Waals surface area contributed by atoms with Crippen LogP contribution in [-0.2, 0) is 17.8 Å². The van der Waals surface area contributed by atoms with Crippen LogP contribution in [0.5, 0.6) is 0 Å². The molecule has 0 spiro atoms. The smallest absolute Gasteiger partial charge is 0.409 e. The van der Waals surface area contributed by atoms with Crippen LogP contribution in [0, 0.1) is 5.82 Å². The molecule has 0 saturated heterocycles. The summed E-state index contributed by atoms with van der Waals surface area (Å²) < 4.78 is 21.1. The van der Waals surface area contributed by atoms with Crippen LogP contribution in [-0.4, -0.2) is 29.2 Å². The van der Waals surface area contributed by atoms with Crippen LogP contribution in [0.25, 0.3) is 21.7 Å². The Hall–Kier alpha value is -3.34. The van der Waals surface area contributed by atoms with Gasteiger partial charge in [0, 0.05) is 30.7 Å². The molecule has 0 aliphatic rings. The molecule has 29 heavy (non-hydrogen) atoms. The summed E-state index contributed by atoms with van der Waals surface area (Å²) in [5.74, 6) is -0.237. The zero-order valence-corrected chi connectivity index (χ0v) is 16.6. The molecule has 0 bridgehead atoms. The third-order valence-electron chi connectivity index (χ3n) is 5.13. The van der Waals surface area contributed by atoms with Gasteiger partial charge in [0.25, 0.3) is 0 Å². The lowest BCUT2D eigenvalue weighted by Gasteiger charge is -2.15. The summed E-state index contributed by atoms with van der Waals surface area (Å²) >= 11 is 0. The number of benzene rings is 3. The number of fused-ring (bicyclic) bond motifs is 2. The Balaban J connectivity index is 1.72. The molecule has 1 aromatic heterocycles. The van der Waals surface area contributed by atoms with Gasteiger partial charge in [-0.25, -0.2) is 9.18 Å². The van der Waals surface area contributed by atoms with E-state index < -0.39 is 0 Å². The minimum Gasteiger partial charge on any atom is -0.450 e. The van der Waals surface area contributed by atoms with Gasteiger partial charge in [-0.05, 0) is 47.0 Å². The molecule has 148 valence electrons. The van der Waals surface area contributed by atoms with Gasteiger partial charge in [0.2, 0.25) is 0 Å². The van der Waals surface area contributed by atoms with E-state index in [9.17, 15) is 9.18 Å². The van der Waals surface area contributed by atoms with Crippen molar-refractivity contribution in [3.63, 3.8) is 0 Å². The van der Waals surface area contributed by atoms with Gasteiger partial charge in [0.05, 0.1) is 13.2 Å². The zero-order valence-electron chi connectivity index (χ0n) is 16.6. The Morgan fingerprint density at radius 1 is 1.03 bits per heavy atom. The Bertz CT molecular complexity index is 1180. The Labute approximate surface area is 169 Å². The lowest BCUT2D eigenvalue weighted by atomic mass is 10.0. The Morgan fingerprint density at radius 3 is 2.69 bits per heavy atom. The number of carbonyl (C=O) groups is 1. The summed E-state index contributed by atoms with van der Waals surface area (Å²) in [6, 6.07) is 19.0. The first-order valence-electron chi connectivity index (χ1n) is 9.68. The highest BCUT2D eigenvalue weighted by molar-refractivity contribution is 5.87. The molecule has 0 radical (unpaired) electrons. The first-order valence-corrected chi connectivity index (χ1v) is 9.68. The maximum Gasteiger partial charge on any atom is 0.409 e. The molecular weight excluding hydrogens is 367 g/mol. The maximum absolute atomic E-state index is 13.8. The van der Waals surface area contributed by atoms with E-state index in [0.717, 1.165) is 32.8 Å². The van der Waals surface area contributed by atoms with Crippen LogP contribution < -0.4 is 0 Å². The van der Waals surface area contributed by atoms with Crippen molar-refractivity contribution in [2.75, 3.05) is 13.7 Å². The first kappa shape index (κ1) is 19.0. The predicted octanol–water partition coefficient (Wildman–Crippen LogP) is 5.57. The van der Waals surface area contributed by atoms with Gasteiger partial charge in [-0.1, -0.05) is 42.5 Å². The number of para-hydroxylation sites is 1. The highest BCUT2D eigenvalue weighted by Crippen LogP contribution is 2.26. The van der Waals surface area contributed by atoms with Gasteiger partial charge in [0.15, 0.2) is 0 Å². The van der Waals surface area contributed by atoms with Crippen LogP contribution in [0.2, 0.25) is 0 Å². The molecular formula is C24H23FN2O2. The fourth-order valence-corrected chi connectivity index (χ4v) is 3.76. The number of halogens is 1. The third-order valence-corrected chi connectivity index (χ3v) is 5.13. The number of rotatable bonds is 5. The molecule has 0 unspecified atom stereocenters. The van der Waals surface area contributed by atoms with Crippen molar-refractivity contribution >= 4 is 27.8 Å². The average Bonchev–Trinajstić information content (AvgIpc) is 3.06. The van der Waals surface area contributed by atoms with Gasteiger partial charge in [0.1, 0.15) is 5.82 Å². The number of hydrogen-bond acceptors (Lipinski definition) is 2. The first-order chi connectivity index (χ1) is 14.1. The average molecular weight is 390 g/mol. The van der Waals surface area contributed by atoms with Crippen molar-refractivity contribution in [3.05, 3.63) is 83.8 Å². The fourth-order valence-electron chi connectivity index (χ4n) is 3.76. The molecule has 4 nitrogen and oxygen atoms in total. The number of carbonyl (C=O) groups excluding carboxylic acids is 1. The van der Waals surface area contributed by atoms with Crippen molar-refractivity contribution in [3.8, 4) is 0 Å². The normalized spacial score (nSPS) is 11.1. The van der Waals surface area contributed by atoms with Crippen molar-refractivity contribution in [1.82, 2.24) is 9.47 Å². The highest BCUT2D eigenvalue weighted by atomic mass is 19.1. The summed E-state index contributed by atoms with van der Waals surface area (Å²) in [7, 11) is 1.73. The van der Waals surface area contributed by atoms with E-state index in [1.807, 2.05) is 36.4 Å². The van der Waals surface area contributed by atoms with Gasteiger partial charge in [-0.15, -0.1) is 0 Å². The number of hydrogen-bond donors (Lipinski definition) is 0. The summed E-state index contributed by atoms with van der Waals surface area (Å²) in [6.45, 7) is 3.22. The second-order valence-electron chi connectivity index (χ2n) is 7.14. The van der Waals surface area contributed by atoms with Crippen molar-refractivity contribution in [1.29, 1.82) is 0 Å². The lowest BCUT2D eigenvalue weighted by molar-refractivity contribution is 0.114. The molecule has 0 fully saturated rings. The summed E-state index contributed by atoms with van der Waals surface area (Å²) in [5.41, 5.74) is 3.17. The van der Waals surface area contributed by atoms with Gasteiger partial charge in [-0.2, -0.15) is 0 Å². The van der Waals surface area contributed by atoms with Gasteiger partial charge >= 0.3 is 6.09 Å². The van der Waals surface area contributed by atoms with Crippen molar-refractivity contribution in [2.24, 2.45) is 0 Å². The molecule has 0 aliphatic carbocycles. The molecule has 0 atom stereocenters. The maximum atomic E-state index is 13.8. The van der Waals surface area contributed by atoms with E-state index in [4.69, 9.17) is 4.74 Å². The Kier molecular flexibility index (Phi) is 5.21. The summed E-state index contributed by atoms with van der Waals surface area (Å²) in [6.07, 6.45) is 1.73. The monoisotopic (exact) mass is 390 g/mol. The van der Waals surface area contributed by atoms with E-state index >= 15 is 0 Å². The number of amides is 1. The molecule has 5 heteroatoms. The van der Waals surface area contributed by atoms with E-state index in [1.165, 1.54) is 6.07 Å². The fraction of sp³-hybridized carbons (Fsp3) is 0.208. The predicted molar refractivity (Wildman–Crippen MR) is 113 cm³/mol. The lowest BCUT2D eigenvalue weighted by Crippen LogP contribution is -2.26. The molecule has 0 aliphatic heterocycles. The number of aromatic nitrogens is 1. The van der Waals surface area contributed by atoms with Crippen LogP contribution in [0.3, 0.4) is 0 Å². The molecule has 4 rings (SSSR count). The van der Waals surface area contributed by atoms with Crippen LogP contribution in [0.15, 0.2) is 66.9 Å². The molecule has 1 amide bonds. The topological polar surface area (TPSA) is 34.5 Å². The largest absolute Gasteiger partial charge is 0.450 e. The van der Waals surface area contributed by atoms with Crippen LogP contribution >= 0.6 is 0 Å². The second kappa shape index (κ2) is 7.95. The standard InChI is InChI=1S/C24H23FN2O2/c1-3-29-24(28)26(2)14-19-16-27(23-10-5-4-9-21(19)23)15-18-8-6-7-17-11-12-20(25)13-22(17)18/h4-13,16H,3,14-15H2,1-2H3. The molecule has 3 aromatic carbocycles. The second-order valence-corrected chi connectivity index (χ2v) is 7.14. The van der Waals surface area contributed by atoms with Gasteiger partial charge < -0.3 is 14.2 Å². The van der Waals surface area contributed by atoms with E-state index in [1.54, 1.807) is 24.9 Å². The van der Waals surface area contributed by atoms with E-state index in [2.05, 4.69) is 22.9 Å². The van der Waals surface area contributed by atoms with Crippen LogP contribution in [0.4, 0.5) is 9.18 Å². The van der Waals surface area contributed by atoms with E-state index in [0.29, 0.717) is 19.7 Å². The van der Waals surface area contributed by atoms with E-state index in [-0.39, 0.29) is 11.9 Å². The Morgan fingerprint density at radius 2 is 1.86 bits per heavy atom.